The van der Waals surface area contributed by atoms with Crippen molar-refractivity contribution in [2.75, 3.05) is 13.2 Å². The molecule has 4 rings (SSSR count). The molecule has 1 saturated carbocycles. The molecule has 1 heterocycles. The van der Waals surface area contributed by atoms with Gasteiger partial charge in [-0.2, -0.15) is 13.5 Å². The number of pyridine rings is 1. The molecule has 1 atom stereocenters. The molecule has 12 heteroatoms. The van der Waals surface area contributed by atoms with Crippen LogP contribution < -0.4 is 19.5 Å². The molecule has 2 aromatic carbocycles. The topological polar surface area (TPSA) is 101 Å². The summed E-state index contributed by atoms with van der Waals surface area (Å²) in [4.78, 5) is 25.1. The van der Waals surface area contributed by atoms with Gasteiger partial charge in [-0.3, -0.25) is 9.59 Å². The Morgan fingerprint density at radius 2 is 1.74 bits per heavy atom. The number of nitrogens with one attached hydrogen (secondary N) is 1. The minimum atomic E-state index is -3.07. The molecule has 1 aliphatic rings. The van der Waals surface area contributed by atoms with Gasteiger partial charge in [0.2, 0.25) is 0 Å². The minimum absolute atomic E-state index is 0.0405. The van der Waals surface area contributed by atoms with Crippen molar-refractivity contribution in [3.8, 4) is 11.5 Å². The van der Waals surface area contributed by atoms with Crippen molar-refractivity contribution in [1.82, 2.24) is 5.32 Å². The number of aromatic nitrogens is 1. The van der Waals surface area contributed by atoms with Crippen molar-refractivity contribution in [2.45, 2.75) is 32.0 Å². The zero-order chi connectivity index (χ0) is 27.9. The lowest BCUT2D eigenvalue weighted by atomic mass is 10.0. The van der Waals surface area contributed by atoms with Crippen molar-refractivity contribution >= 4 is 35.1 Å². The number of hydrogen-bond acceptors (Lipinski definition) is 6. The molecule has 0 bridgehead atoms. The van der Waals surface area contributed by atoms with Crippen LogP contribution in [0.4, 0.5) is 8.78 Å². The van der Waals surface area contributed by atoms with Gasteiger partial charge in [-0.05, 0) is 48.6 Å². The van der Waals surface area contributed by atoms with Crippen LogP contribution in [0.3, 0.4) is 0 Å². The third kappa shape index (κ3) is 8.18. The lowest BCUT2D eigenvalue weighted by molar-refractivity contribution is -0.605. The van der Waals surface area contributed by atoms with E-state index in [0.29, 0.717) is 33.9 Å². The molecule has 1 fully saturated rings. The van der Waals surface area contributed by atoms with Gasteiger partial charge in [0.05, 0.1) is 6.61 Å². The van der Waals surface area contributed by atoms with Crippen LogP contribution in [0.1, 0.15) is 40.4 Å². The van der Waals surface area contributed by atoms with Gasteiger partial charge in [0.25, 0.3) is 5.91 Å². The van der Waals surface area contributed by atoms with Crippen LogP contribution in [0.25, 0.3) is 0 Å². The van der Waals surface area contributed by atoms with Gasteiger partial charge in [0, 0.05) is 17.5 Å². The molecular formula is C27H24Cl2F2N2O6. The van der Waals surface area contributed by atoms with Crippen LogP contribution in [0, 0.1) is 11.1 Å². The maximum Gasteiger partial charge on any atom is 0.387 e. The molecule has 8 nitrogen and oxygen atoms in total. The number of carbonyl (C=O) groups is 2. The summed E-state index contributed by atoms with van der Waals surface area (Å²) in [6, 6.07) is 12.5. The second kappa shape index (κ2) is 12.9. The largest absolute Gasteiger partial charge is 0.619 e. The minimum Gasteiger partial charge on any atom is -0.619 e. The number of hydrogen-bond donors (Lipinski definition) is 1. The maximum absolute atomic E-state index is 13.0. The number of nitrogens with zero attached hydrogens (tertiary/aromatic N) is 1. The van der Waals surface area contributed by atoms with Gasteiger partial charge in [0.15, 0.2) is 23.9 Å². The molecule has 3 aromatic rings. The Hall–Kier alpha value is -3.63. The quantitative estimate of drug-likeness (QED) is 0.178. The lowest BCUT2D eigenvalue weighted by Gasteiger charge is -2.21. The Kier molecular flexibility index (Phi) is 9.42. The molecule has 1 aliphatic carbocycles. The molecule has 1 amide bonds. The first kappa shape index (κ1) is 28.4. The second-order valence-corrected chi connectivity index (χ2v) is 9.68. The summed E-state index contributed by atoms with van der Waals surface area (Å²) in [5, 5.41) is 14.3. The molecule has 0 spiro atoms. The van der Waals surface area contributed by atoms with Crippen molar-refractivity contribution in [2.24, 2.45) is 5.92 Å². The summed E-state index contributed by atoms with van der Waals surface area (Å²) in [6.45, 7) is -3.20. The highest BCUT2D eigenvalue weighted by Gasteiger charge is 2.26. The summed E-state index contributed by atoms with van der Waals surface area (Å²) in [6.07, 6.45) is 3.06. The van der Waals surface area contributed by atoms with Crippen LogP contribution in [0.5, 0.6) is 11.5 Å². The number of amides is 1. The molecular weight excluding hydrogens is 557 g/mol. The number of carbonyl (C=O) groups excluding carboxylic acids is 2. The first-order valence-corrected chi connectivity index (χ1v) is 12.8. The van der Waals surface area contributed by atoms with Crippen LogP contribution >= 0.6 is 23.2 Å². The monoisotopic (exact) mass is 580 g/mol. The fraction of sp³-hybridized carbons (Fsp3) is 0.296. The van der Waals surface area contributed by atoms with Crippen molar-refractivity contribution in [3.63, 3.8) is 0 Å². The van der Waals surface area contributed by atoms with Crippen molar-refractivity contribution in [3.05, 3.63) is 92.9 Å². The third-order valence-corrected chi connectivity index (χ3v) is 6.53. The summed E-state index contributed by atoms with van der Waals surface area (Å²) >= 11 is 12.5. The average Bonchev–Trinajstić information content (AvgIpc) is 3.73. The number of rotatable bonds is 12. The summed E-state index contributed by atoms with van der Waals surface area (Å²) in [7, 11) is 0. The Morgan fingerprint density at radius 1 is 1.05 bits per heavy atom. The normalized spacial score (nSPS) is 13.6. The Balaban J connectivity index is 1.58. The van der Waals surface area contributed by atoms with Gasteiger partial charge >= 0.3 is 12.6 Å². The highest BCUT2D eigenvalue weighted by Crippen LogP contribution is 2.37. The van der Waals surface area contributed by atoms with Crippen LogP contribution in [0.2, 0.25) is 10.0 Å². The van der Waals surface area contributed by atoms with E-state index in [1.165, 1.54) is 18.2 Å². The fourth-order valence-corrected chi connectivity index (χ4v) is 4.30. The maximum atomic E-state index is 13.0. The summed E-state index contributed by atoms with van der Waals surface area (Å²) in [5.41, 5.74) is 1.06. The van der Waals surface area contributed by atoms with E-state index in [9.17, 15) is 23.6 Å². The van der Waals surface area contributed by atoms with Crippen LogP contribution in [-0.2, 0) is 16.0 Å². The van der Waals surface area contributed by atoms with E-state index in [1.54, 1.807) is 30.3 Å². The molecule has 1 unspecified atom stereocenters. The molecule has 1 N–H and O–H groups in total. The van der Waals surface area contributed by atoms with E-state index in [0.717, 1.165) is 25.2 Å². The van der Waals surface area contributed by atoms with Gasteiger partial charge in [0.1, 0.15) is 22.7 Å². The lowest BCUT2D eigenvalue weighted by Crippen LogP contribution is -2.31. The smallest absolute Gasteiger partial charge is 0.387 e. The standard InChI is InChI=1S/C27H24Cl2F2N2O6/c28-20-13-33(36)14-21(29)19(20)11-23(38-25(34)12-32-26(35)17-4-2-1-3-5-17)18-8-9-22(39-27(30)31)24(10-18)37-15-16-6-7-16/h1-5,8-10,13-14,16,23,27H,6-7,11-12,15H2,(H,32,35). The number of benzene rings is 2. The van der Waals surface area contributed by atoms with E-state index in [4.69, 9.17) is 32.7 Å². The number of esters is 1. The number of alkyl halides is 2. The second-order valence-electron chi connectivity index (χ2n) is 8.86. The van der Waals surface area contributed by atoms with Crippen molar-refractivity contribution in [1.29, 1.82) is 0 Å². The fourth-order valence-electron chi connectivity index (χ4n) is 3.71. The van der Waals surface area contributed by atoms with E-state index in [2.05, 4.69) is 10.1 Å². The van der Waals surface area contributed by atoms with Gasteiger partial charge in [-0.15, -0.1) is 0 Å². The van der Waals surface area contributed by atoms with E-state index >= 15 is 0 Å². The van der Waals surface area contributed by atoms with Crippen LogP contribution in [0.15, 0.2) is 60.9 Å². The van der Waals surface area contributed by atoms with Crippen LogP contribution in [-0.4, -0.2) is 31.6 Å². The molecule has 0 radical (unpaired) electrons. The molecule has 0 aliphatic heterocycles. The molecule has 0 saturated heterocycles. The Labute approximate surface area is 233 Å². The van der Waals surface area contributed by atoms with Crippen molar-refractivity contribution < 1.29 is 37.3 Å². The highest BCUT2D eigenvalue weighted by molar-refractivity contribution is 6.35. The Morgan fingerprint density at radius 3 is 2.38 bits per heavy atom. The zero-order valence-corrected chi connectivity index (χ0v) is 22.0. The first-order valence-electron chi connectivity index (χ1n) is 12.0. The summed E-state index contributed by atoms with van der Waals surface area (Å²) in [5.74, 6) is -1.03. The molecule has 206 valence electrons. The summed E-state index contributed by atoms with van der Waals surface area (Å²) < 4.78 is 42.4. The van der Waals surface area contributed by atoms with E-state index < -0.39 is 31.1 Å². The molecule has 1 aromatic heterocycles. The zero-order valence-electron chi connectivity index (χ0n) is 20.4. The average molecular weight is 581 g/mol. The highest BCUT2D eigenvalue weighted by atomic mass is 35.5. The van der Waals surface area contributed by atoms with Gasteiger partial charge < -0.3 is 24.7 Å². The predicted octanol–water partition coefficient (Wildman–Crippen LogP) is 5.27. The van der Waals surface area contributed by atoms with Gasteiger partial charge in [-0.25, -0.2) is 0 Å². The van der Waals surface area contributed by atoms with E-state index in [-0.39, 0.29) is 28.0 Å². The number of halogens is 4. The SMILES string of the molecule is O=C(CNC(=O)c1ccccc1)OC(Cc1c(Cl)c[n+]([O-])cc1Cl)c1ccc(OC(F)F)c(OCC2CC2)c1. The third-order valence-electron chi connectivity index (χ3n) is 5.88. The predicted molar refractivity (Wildman–Crippen MR) is 138 cm³/mol. The molecule has 39 heavy (non-hydrogen) atoms. The van der Waals surface area contributed by atoms with Gasteiger partial charge in [-0.1, -0.05) is 47.5 Å². The Bertz CT molecular complexity index is 1300. The first-order chi connectivity index (χ1) is 18.7. The number of ether oxygens (including phenoxy) is 3. The van der Waals surface area contributed by atoms with E-state index in [1.807, 2.05) is 0 Å².